The number of hydrogen-bond donors (Lipinski definition) is 1. The van der Waals surface area contributed by atoms with Gasteiger partial charge in [0, 0.05) is 34.7 Å². The zero-order chi connectivity index (χ0) is 8.85. The van der Waals surface area contributed by atoms with Crippen LogP contribution in [0.15, 0.2) is 4.99 Å². The molecule has 0 aromatic heterocycles. The molecule has 0 spiro atoms. The Morgan fingerprint density at radius 3 is 2.18 bits per heavy atom. The molecule has 0 aromatic carbocycles. The number of hydrogen-bond acceptors (Lipinski definition) is 2. The minimum Gasteiger partial charge on any atom is -0.348 e. The van der Waals surface area contributed by atoms with Gasteiger partial charge in [-0.1, -0.05) is 0 Å². The molecule has 0 aliphatic heterocycles. The quantitative estimate of drug-likeness (QED) is 0.348. The minimum atomic E-state index is 0.805. The Balaban J connectivity index is 4.21. The normalized spacial score (nSPS) is 11.5. The highest BCUT2D eigenvalue weighted by Crippen LogP contribution is 1.87. The molecule has 0 aliphatic rings. The van der Waals surface area contributed by atoms with E-state index >= 15 is 0 Å². The topological polar surface area (TPSA) is 30.9 Å². The first kappa shape index (κ1) is 10.2. The molecule has 66 valence electrons. The SMILES string of the molecule is CCN=C(N(C)C)N(C)NC. The third-order valence-corrected chi connectivity index (χ3v) is 1.33. The van der Waals surface area contributed by atoms with Gasteiger partial charge >= 0.3 is 0 Å². The van der Waals surface area contributed by atoms with Gasteiger partial charge < -0.3 is 4.90 Å². The maximum absolute atomic E-state index is 4.30. The number of nitrogens with one attached hydrogen (secondary N) is 1. The Morgan fingerprint density at radius 2 is 1.91 bits per heavy atom. The van der Waals surface area contributed by atoms with Gasteiger partial charge in [-0.3, -0.25) is 10.0 Å². The van der Waals surface area contributed by atoms with Crippen molar-refractivity contribution in [1.82, 2.24) is 15.3 Å². The molecule has 0 unspecified atom stereocenters. The molecule has 11 heavy (non-hydrogen) atoms. The zero-order valence-electron chi connectivity index (χ0n) is 8.05. The predicted octanol–water partition coefficient (Wildman–Crippen LogP) is -0.00990. The largest absolute Gasteiger partial charge is 0.348 e. The Hall–Kier alpha value is -0.770. The molecule has 0 amide bonds. The van der Waals surface area contributed by atoms with Crippen LogP contribution in [-0.4, -0.2) is 50.6 Å². The Labute approximate surface area is 68.9 Å². The molecule has 0 rings (SSSR count). The second kappa shape index (κ2) is 4.96. The van der Waals surface area contributed by atoms with E-state index in [2.05, 4.69) is 10.4 Å². The molecule has 0 bridgehead atoms. The lowest BCUT2D eigenvalue weighted by molar-refractivity contribution is 0.354. The van der Waals surface area contributed by atoms with Gasteiger partial charge in [0.2, 0.25) is 5.96 Å². The first-order valence-electron chi connectivity index (χ1n) is 3.76. The standard InChI is InChI=1S/C7H18N4/c1-6-9-7(10(3)4)11(5)8-2/h8H,6H2,1-5H3. The predicted molar refractivity (Wildman–Crippen MR) is 48.5 cm³/mol. The van der Waals surface area contributed by atoms with Crippen molar-refractivity contribution in [2.45, 2.75) is 6.92 Å². The van der Waals surface area contributed by atoms with E-state index in [1.165, 1.54) is 0 Å². The molecule has 1 N–H and O–H groups in total. The maximum Gasteiger partial charge on any atom is 0.210 e. The van der Waals surface area contributed by atoms with Crippen LogP contribution in [0.2, 0.25) is 0 Å². The van der Waals surface area contributed by atoms with Gasteiger partial charge in [0.1, 0.15) is 0 Å². The van der Waals surface area contributed by atoms with E-state index in [0.29, 0.717) is 0 Å². The molecule has 0 aromatic rings. The molecular weight excluding hydrogens is 140 g/mol. The Bertz CT molecular complexity index is 130. The summed E-state index contributed by atoms with van der Waals surface area (Å²) in [4.78, 5) is 6.27. The van der Waals surface area contributed by atoms with Crippen molar-refractivity contribution in [3.8, 4) is 0 Å². The van der Waals surface area contributed by atoms with E-state index < -0.39 is 0 Å². The van der Waals surface area contributed by atoms with E-state index in [4.69, 9.17) is 0 Å². The van der Waals surface area contributed by atoms with Crippen LogP contribution >= 0.6 is 0 Å². The van der Waals surface area contributed by atoms with Crippen molar-refractivity contribution in [3.05, 3.63) is 0 Å². The average molecular weight is 158 g/mol. The van der Waals surface area contributed by atoms with Crippen LogP contribution in [0.25, 0.3) is 0 Å². The smallest absolute Gasteiger partial charge is 0.210 e. The molecule has 0 radical (unpaired) electrons. The first-order chi connectivity index (χ1) is 5.13. The number of rotatable bonds is 2. The van der Waals surface area contributed by atoms with Gasteiger partial charge in [-0.25, -0.2) is 5.43 Å². The van der Waals surface area contributed by atoms with Gasteiger partial charge in [-0.15, -0.1) is 0 Å². The fourth-order valence-electron chi connectivity index (χ4n) is 0.789. The van der Waals surface area contributed by atoms with Crippen molar-refractivity contribution in [1.29, 1.82) is 0 Å². The van der Waals surface area contributed by atoms with Crippen molar-refractivity contribution < 1.29 is 0 Å². The average Bonchev–Trinajstić information content (AvgIpc) is 1.98. The summed E-state index contributed by atoms with van der Waals surface area (Å²) >= 11 is 0. The highest BCUT2D eigenvalue weighted by atomic mass is 15.6. The van der Waals surface area contributed by atoms with Gasteiger partial charge in [0.15, 0.2) is 0 Å². The van der Waals surface area contributed by atoms with Crippen LogP contribution in [0.3, 0.4) is 0 Å². The van der Waals surface area contributed by atoms with Gasteiger partial charge in [0.25, 0.3) is 0 Å². The molecule has 0 saturated carbocycles. The summed E-state index contributed by atoms with van der Waals surface area (Å²) in [7, 11) is 7.76. The van der Waals surface area contributed by atoms with Crippen LogP contribution in [0.5, 0.6) is 0 Å². The highest BCUT2D eigenvalue weighted by Gasteiger charge is 2.04. The van der Waals surface area contributed by atoms with Gasteiger partial charge in [-0.2, -0.15) is 0 Å². The van der Waals surface area contributed by atoms with Gasteiger partial charge in [0.05, 0.1) is 0 Å². The van der Waals surface area contributed by atoms with Crippen LogP contribution in [0.1, 0.15) is 6.92 Å². The second-order valence-corrected chi connectivity index (χ2v) is 2.45. The number of hydrazine groups is 1. The third-order valence-electron chi connectivity index (χ3n) is 1.33. The summed E-state index contributed by atoms with van der Waals surface area (Å²) in [5.41, 5.74) is 2.99. The molecule has 0 aliphatic carbocycles. The number of nitrogens with zero attached hydrogens (tertiary/aromatic N) is 3. The molecule has 0 fully saturated rings. The van der Waals surface area contributed by atoms with Crippen LogP contribution in [0.4, 0.5) is 0 Å². The molecular formula is C7H18N4. The van der Waals surface area contributed by atoms with E-state index in [1.807, 2.05) is 45.0 Å². The minimum absolute atomic E-state index is 0.805. The number of aliphatic imine (C=N–C) groups is 1. The Morgan fingerprint density at radius 1 is 1.36 bits per heavy atom. The number of guanidine groups is 1. The van der Waals surface area contributed by atoms with Crippen molar-refractivity contribution in [3.63, 3.8) is 0 Å². The zero-order valence-corrected chi connectivity index (χ0v) is 8.05. The summed E-state index contributed by atoms with van der Waals surface area (Å²) in [6, 6.07) is 0. The monoisotopic (exact) mass is 158 g/mol. The van der Waals surface area contributed by atoms with Crippen molar-refractivity contribution in [2.75, 3.05) is 34.7 Å². The first-order valence-corrected chi connectivity index (χ1v) is 3.76. The molecule has 0 saturated heterocycles. The van der Waals surface area contributed by atoms with E-state index in [0.717, 1.165) is 12.5 Å². The van der Waals surface area contributed by atoms with Crippen molar-refractivity contribution in [2.24, 2.45) is 4.99 Å². The third kappa shape index (κ3) is 3.23. The van der Waals surface area contributed by atoms with Crippen LogP contribution in [0, 0.1) is 0 Å². The summed E-state index contributed by atoms with van der Waals surface area (Å²) in [6.07, 6.45) is 0. The second-order valence-electron chi connectivity index (χ2n) is 2.45. The lowest BCUT2D eigenvalue weighted by Gasteiger charge is -2.25. The van der Waals surface area contributed by atoms with E-state index in [-0.39, 0.29) is 0 Å². The summed E-state index contributed by atoms with van der Waals surface area (Å²) in [5, 5.41) is 1.88. The molecule has 0 heterocycles. The molecule has 0 atom stereocenters. The lowest BCUT2D eigenvalue weighted by Crippen LogP contribution is -2.44. The fraction of sp³-hybridized carbons (Fsp3) is 0.857. The van der Waals surface area contributed by atoms with E-state index in [9.17, 15) is 0 Å². The maximum atomic E-state index is 4.30. The van der Waals surface area contributed by atoms with Crippen molar-refractivity contribution >= 4 is 5.96 Å². The van der Waals surface area contributed by atoms with E-state index in [1.54, 1.807) is 0 Å². The van der Waals surface area contributed by atoms with Crippen LogP contribution < -0.4 is 5.43 Å². The fourth-order valence-corrected chi connectivity index (χ4v) is 0.789. The molecule has 4 heteroatoms. The highest BCUT2D eigenvalue weighted by molar-refractivity contribution is 5.78. The van der Waals surface area contributed by atoms with Crippen LogP contribution in [-0.2, 0) is 0 Å². The van der Waals surface area contributed by atoms with Gasteiger partial charge in [-0.05, 0) is 6.92 Å². The summed E-state index contributed by atoms with van der Waals surface area (Å²) < 4.78 is 0. The molecule has 4 nitrogen and oxygen atoms in total. The lowest BCUT2D eigenvalue weighted by atomic mass is 10.7. The summed E-state index contributed by atoms with van der Waals surface area (Å²) in [5.74, 6) is 0.940. The Kier molecular flexibility index (Phi) is 4.61. The summed E-state index contributed by atoms with van der Waals surface area (Å²) in [6.45, 7) is 2.83.